The van der Waals surface area contributed by atoms with Crippen LogP contribution in [0.3, 0.4) is 0 Å². The molecule has 8 heteroatoms. The van der Waals surface area contributed by atoms with Gasteiger partial charge in [0.2, 0.25) is 0 Å². The number of nitro groups is 1. The zero-order valence-electron chi connectivity index (χ0n) is 14.9. The minimum absolute atomic E-state index is 0.0355. The number of halogens is 1. The zero-order valence-corrected chi connectivity index (χ0v) is 16.5. The third-order valence-corrected chi connectivity index (χ3v) is 6.33. The molecule has 0 saturated heterocycles. The lowest BCUT2D eigenvalue weighted by molar-refractivity contribution is -0.384. The zero-order chi connectivity index (χ0) is 20.3. The maximum Gasteiger partial charge on any atom is 0.269 e. The van der Waals surface area contributed by atoms with Crippen molar-refractivity contribution in [1.82, 2.24) is 0 Å². The number of aryl methyl sites for hydroxylation is 1. The maximum atomic E-state index is 13.4. The van der Waals surface area contributed by atoms with E-state index in [0.29, 0.717) is 10.7 Å². The molecular formula is C20H17ClN2O4S. The van der Waals surface area contributed by atoms with E-state index in [4.69, 9.17) is 11.6 Å². The Balaban J connectivity index is 2.09. The summed E-state index contributed by atoms with van der Waals surface area (Å²) in [6, 6.07) is 18.9. The quantitative estimate of drug-likeness (QED) is 0.420. The maximum absolute atomic E-state index is 13.4. The van der Waals surface area contributed by atoms with E-state index in [2.05, 4.69) is 0 Å². The first-order valence-corrected chi connectivity index (χ1v) is 10.2. The molecule has 0 aliphatic rings. The van der Waals surface area contributed by atoms with Crippen molar-refractivity contribution in [1.29, 1.82) is 0 Å². The predicted molar refractivity (Wildman–Crippen MR) is 109 cm³/mol. The van der Waals surface area contributed by atoms with Crippen molar-refractivity contribution in [2.45, 2.75) is 18.4 Å². The fourth-order valence-corrected chi connectivity index (χ4v) is 4.37. The van der Waals surface area contributed by atoms with Crippen LogP contribution in [0.1, 0.15) is 11.1 Å². The van der Waals surface area contributed by atoms with Crippen LogP contribution in [-0.2, 0) is 16.6 Å². The molecule has 0 amide bonds. The van der Waals surface area contributed by atoms with Crippen LogP contribution in [-0.4, -0.2) is 13.3 Å². The van der Waals surface area contributed by atoms with E-state index in [-0.39, 0.29) is 17.1 Å². The van der Waals surface area contributed by atoms with Crippen LogP contribution in [0.25, 0.3) is 0 Å². The van der Waals surface area contributed by atoms with E-state index in [1.54, 1.807) is 24.3 Å². The van der Waals surface area contributed by atoms with E-state index < -0.39 is 14.9 Å². The average Bonchev–Trinajstić information content (AvgIpc) is 2.67. The summed E-state index contributed by atoms with van der Waals surface area (Å²) in [4.78, 5) is 10.3. The fraction of sp³-hybridized carbons (Fsp3) is 0.100. The van der Waals surface area contributed by atoms with Crippen molar-refractivity contribution in [3.05, 3.63) is 99.1 Å². The van der Waals surface area contributed by atoms with Gasteiger partial charge in [0.15, 0.2) is 0 Å². The van der Waals surface area contributed by atoms with Crippen LogP contribution >= 0.6 is 11.6 Å². The minimum atomic E-state index is -3.98. The lowest BCUT2D eigenvalue weighted by Gasteiger charge is -2.25. The lowest BCUT2D eigenvalue weighted by atomic mass is 10.1. The highest BCUT2D eigenvalue weighted by Crippen LogP contribution is 2.29. The summed E-state index contributed by atoms with van der Waals surface area (Å²) in [6.07, 6.45) is 0. The van der Waals surface area contributed by atoms with Crippen LogP contribution in [0, 0.1) is 17.0 Å². The molecule has 0 heterocycles. The van der Waals surface area contributed by atoms with E-state index in [0.717, 1.165) is 11.1 Å². The van der Waals surface area contributed by atoms with Crippen molar-refractivity contribution in [2.75, 3.05) is 4.31 Å². The van der Waals surface area contributed by atoms with Crippen LogP contribution in [0.5, 0.6) is 0 Å². The summed E-state index contributed by atoms with van der Waals surface area (Å²) < 4.78 is 28.0. The molecule has 0 spiro atoms. The van der Waals surface area contributed by atoms with Gasteiger partial charge in [0.25, 0.3) is 15.7 Å². The second kappa shape index (κ2) is 8.00. The number of hydrogen-bond donors (Lipinski definition) is 0. The van der Waals surface area contributed by atoms with Crippen LogP contribution < -0.4 is 4.31 Å². The van der Waals surface area contributed by atoms with Gasteiger partial charge in [0.05, 0.1) is 22.1 Å². The van der Waals surface area contributed by atoms with E-state index in [9.17, 15) is 18.5 Å². The topological polar surface area (TPSA) is 80.5 Å². The van der Waals surface area contributed by atoms with Crippen LogP contribution in [0.2, 0.25) is 5.02 Å². The Kier molecular flexibility index (Phi) is 5.67. The molecule has 0 saturated carbocycles. The Labute approximate surface area is 168 Å². The Bertz CT molecular complexity index is 1120. The second-order valence-corrected chi connectivity index (χ2v) is 8.47. The smallest absolute Gasteiger partial charge is 0.262 e. The van der Waals surface area contributed by atoms with Gasteiger partial charge in [-0.2, -0.15) is 0 Å². The highest BCUT2D eigenvalue weighted by Gasteiger charge is 2.26. The molecule has 0 aromatic heterocycles. The first-order chi connectivity index (χ1) is 13.3. The normalized spacial score (nSPS) is 11.2. The summed E-state index contributed by atoms with van der Waals surface area (Å²) in [7, 11) is -3.98. The highest BCUT2D eigenvalue weighted by molar-refractivity contribution is 7.92. The summed E-state index contributed by atoms with van der Waals surface area (Å²) in [5.41, 5.74) is 2.03. The number of anilines is 1. The molecule has 0 radical (unpaired) electrons. The molecule has 28 heavy (non-hydrogen) atoms. The fourth-order valence-electron chi connectivity index (χ4n) is 2.76. The third kappa shape index (κ3) is 4.16. The first kappa shape index (κ1) is 19.9. The summed E-state index contributed by atoms with van der Waals surface area (Å²) in [6.45, 7) is 2.01. The number of sulfonamides is 1. The van der Waals surface area contributed by atoms with Gasteiger partial charge in [-0.3, -0.25) is 14.4 Å². The summed E-state index contributed by atoms with van der Waals surface area (Å²) >= 11 is 6.08. The molecule has 0 fully saturated rings. The van der Waals surface area contributed by atoms with Gasteiger partial charge in [0.1, 0.15) is 0 Å². The van der Waals surface area contributed by atoms with E-state index in [1.165, 1.54) is 28.6 Å². The summed E-state index contributed by atoms with van der Waals surface area (Å²) in [5, 5.41) is 11.3. The van der Waals surface area contributed by atoms with E-state index >= 15 is 0 Å². The number of nitro benzene ring substituents is 1. The molecule has 3 aromatic carbocycles. The second-order valence-electron chi connectivity index (χ2n) is 6.17. The number of non-ortho nitro benzene ring substituents is 1. The average molecular weight is 417 g/mol. The molecular weight excluding hydrogens is 400 g/mol. The van der Waals surface area contributed by atoms with Gasteiger partial charge in [0, 0.05) is 17.2 Å². The Morgan fingerprint density at radius 3 is 2.29 bits per heavy atom. The van der Waals surface area contributed by atoms with E-state index in [1.807, 2.05) is 31.2 Å². The van der Waals surface area contributed by atoms with Gasteiger partial charge in [-0.05, 0) is 48.4 Å². The third-order valence-electron chi connectivity index (χ3n) is 4.31. The van der Waals surface area contributed by atoms with Crippen LogP contribution in [0.15, 0.2) is 77.7 Å². The first-order valence-electron chi connectivity index (χ1n) is 8.36. The van der Waals surface area contributed by atoms with Gasteiger partial charge < -0.3 is 0 Å². The van der Waals surface area contributed by atoms with Crippen LogP contribution in [0.4, 0.5) is 11.4 Å². The van der Waals surface area contributed by atoms with Gasteiger partial charge >= 0.3 is 0 Å². The molecule has 0 bridgehead atoms. The molecule has 0 N–H and O–H groups in total. The Morgan fingerprint density at radius 2 is 1.68 bits per heavy atom. The number of rotatable bonds is 6. The van der Waals surface area contributed by atoms with Crippen molar-refractivity contribution < 1.29 is 13.3 Å². The van der Waals surface area contributed by atoms with Crippen molar-refractivity contribution in [3.63, 3.8) is 0 Å². The number of benzene rings is 3. The molecule has 0 aliphatic carbocycles. The van der Waals surface area contributed by atoms with Crippen molar-refractivity contribution >= 4 is 33.0 Å². The largest absolute Gasteiger partial charge is 0.269 e. The number of hydrogen-bond acceptors (Lipinski definition) is 4. The minimum Gasteiger partial charge on any atom is -0.262 e. The highest BCUT2D eigenvalue weighted by atomic mass is 35.5. The Hall–Kier alpha value is -2.90. The molecule has 0 aliphatic heterocycles. The molecule has 6 nitrogen and oxygen atoms in total. The lowest BCUT2D eigenvalue weighted by Crippen LogP contribution is -2.30. The Morgan fingerprint density at radius 1 is 1.00 bits per heavy atom. The molecule has 0 unspecified atom stereocenters. The van der Waals surface area contributed by atoms with Gasteiger partial charge in [-0.1, -0.05) is 41.9 Å². The van der Waals surface area contributed by atoms with Crippen molar-refractivity contribution in [2.24, 2.45) is 0 Å². The van der Waals surface area contributed by atoms with Crippen molar-refractivity contribution in [3.8, 4) is 0 Å². The molecule has 3 aromatic rings. The van der Waals surface area contributed by atoms with Gasteiger partial charge in [-0.15, -0.1) is 0 Å². The predicted octanol–water partition coefficient (Wildman–Crippen LogP) is 4.95. The molecule has 144 valence electrons. The molecule has 3 rings (SSSR count). The molecule has 0 atom stereocenters. The van der Waals surface area contributed by atoms with Gasteiger partial charge in [-0.25, -0.2) is 8.42 Å². The SMILES string of the molecule is Cc1ccccc1CN(c1cccc(Cl)c1)S(=O)(=O)c1ccc([N+](=O)[O-])cc1. The number of nitrogens with zero attached hydrogens (tertiary/aromatic N) is 2. The monoisotopic (exact) mass is 416 g/mol. The standard InChI is InChI=1S/C20H17ClN2O4S/c1-15-5-2-3-6-16(15)14-22(19-8-4-7-17(21)13-19)28(26,27)20-11-9-18(10-12-20)23(24)25/h2-13H,14H2,1H3. The summed E-state index contributed by atoms with van der Waals surface area (Å²) in [5.74, 6) is 0.